The second-order valence-electron chi connectivity index (χ2n) is 5.11. The monoisotopic (exact) mass is 310 g/mol. The number of carbonyl (C=O) groups excluding carboxylic acids is 1. The number of hydrogen-bond donors (Lipinski definition) is 2. The van der Waals surface area contributed by atoms with Gasteiger partial charge in [-0.1, -0.05) is 47.0 Å². The van der Waals surface area contributed by atoms with Crippen molar-refractivity contribution in [3.63, 3.8) is 0 Å². The number of nitrogens with two attached hydrogens (primary N) is 1. The molecular weight excluding hydrogens is 292 g/mol. The maximum atomic E-state index is 11.9. The molecule has 2 rings (SSSR count). The number of halogens is 1. The average molecular weight is 311 g/mol. The Morgan fingerprint density at radius 2 is 2.00 bits per heavy atom. The Hall–Kier alpha value is -0.870. The fourth-order valence-electron chi connectivity index (χ4n) is 2.47. The van der Waals surface area contributed by atoms with Gasteiger partial charge < -0.3 is 11.1 Å². The zero-order valence-electron chi connectivity index (χ0n) is 10.4. The predicted molar refractivity (Wildman–Crippen MR) is 76.0 cm³/mol. The second-order valence-corrected chi connectivity index (χ2v) is 5.97. The highest BCUT2D eigenvalue weighted by Gasteiger charge is 2.31. The zero-order chi connectivity index (χ0) is 13.0. The lowest BCUT2D eigenvalue weighted by Gasteiger charge is -2.22. The molecule has 1 amide bonds. The topological polar surface area (TPSA) is 55.1 Å². The van der Waals surface area contributed by atoms with Crippen LogP contribution in [0.4, 0.5) is 0 Å². The highest BCUT2D eigenvalue weighted by molar-refractivity contribution is 9.10. The van der Waals surface area contributed by atoms with E-state index in [2.05, 4.69) is 21.2 Å². The minimum atomic E-state index is -0.266. The molecule has 0 bridgehead atoms. The molecule has 0 spiro atoms. The molecule has 1 aliphatic rings. The van der Waals surface area contributed by atoms with Gasteiger partial charge in [0.1, 0.15) is 0 Å². The van der Waals surface area contributed by atoms with Gasteiger partial charge in [0.15, 0.2) is 0 Å². The summed E-state index contributed by atoms with van der Waals surface area (Å²) >= 11 is 3.47. The van der Waals surface area contributed by atoms with E-state index in [1.165, 1.54) is 0 Å². The molecule has 3 N–H and O–H groups in total. The van der Waals surface area contributed by atoms with E-state index >= 15 is 0 Å². The minimum absolute atomic E-state index is 0.0511. The second kappa shape index (κ2) is 5.85. The first-order valence-electron chi connectivity index (χ1n) is 6.38. The van der Waals surface area contributed by atoms with E-state index in [9.17, 15) is 4.79 Å². The molecule has 1 aromatic rings. The van der Waals surface area contributed by atoms with E-state index in [-0.39, 0.29) is 11.4 Å². The Morgan fingerprint density at radius 3 is 2.67 bits per heavy atom. The van der Waals surface area contributed by atoms with E-state index in [0.717, 1.165) is 35.7 Å². The highest BCUT2D eigenvalue weighted by Crippen LogP contribution is 2.29. The number of carbonyl (C=O) groups is 1. The fourth-order valence-corrected chi connectivity index (χ4v) is 2.90. The number of hydrogen-bond acceptors (Lipinski definition) is 2. The highest BCUT2D eigenvalue weighted by atomic mass is 79.9. The van der Waals surface area contributed by atoms with Crippen LogP contribution in [0.5, 0.6) is 0 Å². The first-order chi connectivity index (χ1) is 8.59. The van der Waals surface area contributed by atoms with Crippen LogP contribution >= 0.6 is 15.9 Å². The maximum absolute atomic E-state index is 11.9. The third kappa shape index (κ3) is 3.56. The number of benzene rings is 1. The van der Waals surface area contributed by atoms with Crippen LogP contribution in [-0.2, 0) is 11.3 Å². The quantitative estimate of drug-likeness (QED) is 0.898. The summed E-state index contributed by atoms with van der Waals surface area (Å²) in [6.07, 6.45) is 4.67. The van der Waals surface area contributed by atoms with Crippen molar-refractivity contribution in [1.29, 1.82) is 0 Å². The van der Waals surface area contributed by atoms with Gasteiger partial charge in [-0.25, -0.2) is 0 Å². The van der Waals surface area contributed by atoms with Gasteiger partial charge in [-0.15, -0.1) is 0 Å². The number of nitrogens with one attached hydrogen (secondary N) is 1. The molecule has 0 saturated heterocycles. The van der Waals surface area contributed by atoms with Crippen molar-refractivity contribution < 1.29 is 4.79 Å². The Balaban J connectivity index is 1.83. The van der Waals surface area contributed by atoms with Crippen LogP contribution in [0.25, 0.3) is 0 Å². The average Bonchev–Trinajstić information content (AvgIpc) is 2.74. The first kappa shape index (κ1) is 13.6. The van der Waals surface area contributed by atoms with Crippen LogP contribution in [0.3, 0.4) is 0 Å². The van der Waals surface area contributed by atoms with Crippen molar-refractivity contribution in [3.8, 4) is 0 Å². The van der Waals surface area contributed by atoms with Crippen molar-refractivity contribution in [2.45, 2.75) is 44.2 Å². The third-order valence-corrected chi connectivity index (χ3v) is 4.32. The summed E-state index contributed by atoms with van der Waals surface area (Å²) in [6.45, 7) is 0.552. The summed E-state index contributed by atoms with van der Waals surface area (Å²) in [5.41, 5.74) is 7.01. The molecule has 0 atom stereocenters. The van der Waals surface area contributed by atoms with Gasteiger partial charge in [-0.05, 0) is 24.5 Å². The Bertz CT molecular complexity index is 428. The predicted octanol–water partition coefficient (Wildman–Crippen LogP) is 2.73. The Kier molecular flexibility index (Phi) is 4.40. The van der Waals surface area contributed by atoms with Crippen LogP contribution in [0.1, 0.15) is 37.7 Å². The Morgan fingerprint density at radius 1 is 1.33 bits per heavy atom. The molecule has 0 aliphatic heterocycles. The van der Waals surface area contributed by atoms with Gasteiger partial charge in [-0.3, -0.25) is 4.79 Å². The van der Waals surface area contributed by atoms with E-state index in [1.807, 2.05) is 24.3 Å². The lowest BCUT2D eigenvalue weighted by atomic mass is 9.94. The molecule has 1 aromatic carbocycles. The molecule has 4 heteroatoms. The fraction of sp³-hybridized carbons (Fsp3) is 0.500. The van der Waals surface area contributed by atoms with Gasteiger partial charge in [0.25, 0.3) is 0 Å². The van der Waals surface area contributed by atoms with Crippen LogP contribution in [0.15, 0.2) is 28.7 Å². The van der Waals surface area contributed by atoms with Crippen LogP contribution in [0.2, 0.25) is 0 Å². The van der Waals surface area contributed by atoms with Crippen molar-refractivity contribution >= 4 is 21.8 Å². The maximum Gasteiger partial charge on any atom is 0.222 e. The molecule has 98 valence electrons. The SMILES string of the molecule is NC1(CC(=O)NCc2ccccc2Br)CCCC1. The normalized spacial score (nSPS) is 17.7. The van der Waals surface area contributed by atoms with Crippen LogP contribution in [-0.4, -0.2) is 11.4 Å². The molecule has 0 unspecified atom stereocenters. The Labute approximate surface area is 116 Å². The van der Waals surface area contributed by atoms with Gasteiger partial charge in [0, 0.05) is 23.0 Å². The summed E-state index contributed by atoms with van der Waals surface area (Å²) < 4.78 is 1.02. The first-order valence-corrected chi connectivity index (χ1v) is 7.17. The number of rotatable bonds is 4. The largest absolute Gasteiger partial charge is 0.352 e. The number of amides is 1. The summed E-state index contributed by atoms with van der Waals surface area (Å²) in [5.74, 6) is 0.0511. The van der Waals surface area contributed by atoms with Crippen LogP contribution in [0, 0.1) is 0 Å². The van der Waals surface area contributed by atoms with Gasteiger partial charge >= 0.3 is 0 Å². The molecule has 1 saturated carbocycles. The minimum Gasteiger partial charge on any atom is -0.352 e. The third-order valence-electron chi connectivity index (χ3n) is 3.55. The van der Waals surface area contributed by atoms with E-state index in [0.29, 0.717) is 13.0 Å². The summed E-state index contributed by atoms with van der Waals surface area (Å²) in [7, 11) is 0. The molecule has 0 radical (unpaired) electrons. The smallest absolute Gasteiger partial charge is 0.222 e. The molecule has 0 aromatic heterocycles. The standard InChI is InChI=1S/C14H19BrN2O/c15-12-6-2-1-5-11(12)10-17-13(18)9-14(16)7-3-4-8-14/h1-2,5-6H,3-4,7-10,16H2,(H,17,18). The lowest BCUT2D eigenvalue weighted by Crippen LogP contribution is -2.42. The van der Waals surface area contributed by atoms with Crippen molar-refractivity contribution in [2.75, 3.05) is 0 Å². The summed E-state index contributed by atoms with van der Waals surface area (Å²) in [6, 6.07) is 7.90. The summed E-state index contributed by atoms with van der Waals surface area (Å²) in [4.78, 5) is 11.9. The molecule has 18 heavy (non-hydrogen) atoms. The lowest BCUT2D eigenvalue weighted by molar-refractivity contribution is -0.122. The van der Waals surface area contributed by atoms with E-state index in [1.54, 1.807) is 0 Å². The molecule has 3 nitrogen and oxygen atoms in total. The molecule has 1 aliphatic carbocycles. The van der Waals surface area contributed by atoms with Gasteiger partial charge in [0.05, 0.1) is 0 Å². The zero-order valence-corrected chi connectivity index (χ0v) is 12.0. The van der Waals surface area contributed by atoms with Gasteiger partial charge in [-0.2, -0.15) is 0 Å². The molecule has 1 fully saturated rings. The molecular formula is C14H19BrN2O. The van der Waals surface area contributed by atoms with Crippen molar-refractivity contribution in [3.05, 3.63) is 34.3 Å². The van der Waals surface area contributed by atoms with E-state index in [4.69, 9.17) is 5.73 Å². The molecule has 0 heterocycles. The van der Waals surface area contributed by atoms with E-state index < -0.39 is 0 Å². The van der Waals surface area contributed by atoms with Crippen LogP contribution < -0.4 is 11.1 Å². The van der Waals surface area contributed by atoms with Crippen molar-refractivity contribution in [1.82, 2.24) is 5.32 Å². The summed E-state index contributed by atoms with van der Waals surface area (Å²) in [5, 5.41) is 2.94. The van der Waals surface area contributed by atoms with Crippen molar-refractivity contribution in [2.24, 2.45) is 5.73 Å². The van der Waals surface area contributed by atoms with Gasteiger partial charge in [0.2, 0.25) is 5.91 Å².